The highest BCUT2D eigenvalue weighted by Gasteiger charge is 2.24. The molecule has 0 saturated carbocycles. The van der Waals surface area contributed by atoms with Crippen LogP contribution in [0.25, 0.3) is 21.5 Å². The van der Waals surface area contributed by atoms with Gasteiger partial charge in [0.05, 0.1) is 26.9 Å². The van der Waals surface area contributed by atoms with E-state index in [4.69, 9.17) is 14.2 Å². The molecule has 0 saturated heterocycles. The van der Waals surface area contributed by atoms with Crippen molar-refractivity contribution in [1.29, 1.82) is 0 Å². The second kappa shape index (κ2) is 20.7. The lowest BCUT2D eigenvalue weighted by Crippen LogP contribution is -2.36. The summed E-state index contributed by atoms with van der Waals surface area (Å²) in [6.45, 7) is 9.33. The average Bonchev–Trinajstić information content (AvgIpc) is 3.24. The molecule has 0 aliphatic carbocycles. The molecule has 0 bridgehead atoms. The molecule has 2 amide bonds. The van der Waals surface area contributed by atoms with Crippen molar-refractivity contribution in [1.82, 2.24) is 15.5 Å². The number of nitrogens with zero attached hydrogens (tertiary/aromatic N) is 1. The highest BCUT2D eigenvalue weighted by molar-refractivity contribution is 6.02. The molecule has 2 N–H and O–H groups in total. The van der Waals surface area contributed by atoms with Crippen molar-refractivity contribution in [3.63, 3.8) is 0 Å². The van der Waals surface area contributed by atoms with E-state index in [0.29, 0.717) is 56.2 Å². The van der Waals surface area contributed by atoms with Gasteiger partial charge in [-0.2, -0.15) is 0 Å². The summed E-state index contributed by atoms with van der Waals surface area (Å²) in [5.41, 5.74) is 4.07. The van der Waals surface area contributed by atoms with Crippen LogP contribution in [-0.4, -0.2) is 57.2 Å². The molecular formula is C51H59N3O5. The number of amides is 2. The summed E-state index contributed by atoms with van der Waals surface area (Å²) in [7, 11) is 3.23. The van der Waals surface area contributed by atoms with Crippen LogP contribution in [0.4, 0.5) is 0 Å². The number of rotatable bonds is 20. The van der Waals surface area contributed by atoms with Gasteiger partial charge in [0.15, 0.2) is 0 Å². The summed E-state index contributed by atoms with van der Waals surface area (Å²) >= 11 is 0. The van der Waals surface area contributed by atoms with Crippen molar-refractivity contribution in [2.75, 3.05) is 40.5 Å². The Morgan fingerprint density at radius 3 is 2.03 bits per heavy atom. The highest BCUT2D eigenvalue weighted by atomic mass is 16.5. The Bertz CT molecular complexity index is 2230. The van der Waals surface area contributed by atoms with Crippen LogP contribution in [0.1, 0.15) is 74.8 Å². The van der Waals surface area contributed by atoms with Crippen molar-refractivity contribution in [3.8, 4) is 17.2 Å². The summed E-state index contributed by atoms with van der Waals surface area (Å²) in [6, 6.07) is 42.7. The van der Waals surface area contributed by atoms with Crippen LogP contribution in [0, 0.1) is 5.41 Å². The van der Waals surface area contributed by atoms with E-state index >= 15 is 0 Å². The van der Waals surface area contributed by atoms with E-state index in [2.05, 4.69) is 77.4 Å². The van der Waals surface area contributed by atoms with E-state index in [0.717, 1.165) is 42.6 Å². The number of aryl methyl sites for hydroxylation is 1. The van der Waals surface area contributed by atoms with Crippen molar-refractivity contribution in [2.45, 2.75) is 65.5 Å². The minimum atomic E-state index is -0.438. The predicted octanol–water partition coefficient (Wildman–Crippen LogP) is 10.1. The van der Waals surface area contributed by atoms with Gasteiger partial charge in [-0.15, -0.1) is 0 Å². The predicted molar refractivity (Wildman–Crippen MR) is 239 cm³/mol. The number of fused-ring (bicyclic) bond motifs is 2. The lowest BCUT2D eigenvalue weighted by Gasteiger charge is -2.25. The molecular weight excluding hydrogens is 735 g/mol. The zero-order chi connectivity index (χ0) is 41.6. The van der Waals surface area contributed by atoms with Crippen LogP contribution in [0.5, 0.6) is 17.2 Å². The number of benzene rings is 6. The first-order chi connectivity index (χ1) is 28.6. The van der Waals surface area contributed by atoms with Crippen LogP contribution in [0.2, 0.25) is 0 Å². The minimum Gasteiger partial charge on any atom is -0.497 e. The van der Waals surface area contributed by atoms with Gasteiger partial charge in [-0.25, -0.2) is 0 Å². The summed E-state index contributed by atoms with van der Waals surface area (Å²) in [5, 5.41) is 12.0. The van der Waals surface area contributed by atoms with Gasteiger partial charge >= 0.3 is 0 Å². The first-order valence-electron chi connectivity index (χ1n) is 20.8. The molecule has 6 aromatic rings. The maximum atomic E-state index is 13.6. The Hall–Kier alpha value is -5.86. The number of carbonyl (C=O) groups excluding carboxylic acids is 2. The van der Waals surface area contributed by atoms with Gasteiger partial charge in [0, 0.05) is 44.1 Å². The third-order valence-electron chi connectivity index (χ3n) is 10.6. The topological polar surface area (TPSA) is 89.1 Å². The largest absolute Gasteiger partial charge is 0.497 e. The molecule has 8 heteroatoms. The first-order valence-corrected chi connectivity index (χ1v) is 20.8. The van der Waals surface area contributed by atoms with Gasteiger partial charge in [-0.3, -0.25) is 9.59 Å². The zero-order valence-electron chi connectivity index (χ0n) is 35.3. The van der Waals surface area contributed by atoms with E-state index in [1.165, 1.54) is 27.1 Å². The molecule has 8 nitrogen and oxygen atoms in total. The second-order valence-electron chi connectivity index (χ2n) is 16.3. The summed E-state index contributed by atoms with van der Waals surface area (Å²) in [6.07, 6.45) is 3.35. The molecule has 6 aromatic carbocycles. The van der Waals surface area contributed by atoms with Gasteiger partial charge in [0.1, 0.15) is 17.2 Å². The third-order valence-corrected chi connectivity index (χ3v) is 10.6. The molecule has 59 heavy (non-hydrogen) atoms. The quantitative estimate of drug-likeness (QED) is 0.0591. The number of hydrogen-bond acceptors (Lipinski definition) is 6. The second-order valence-corrected chi connectivity index (χ2v) is 16.3. The van der Waals surface area contributed by atoms with E-state index in [1.807, 2.05) is 86.3 Å². The maximum Gasteiger partial charge on any atom is 0.223 e. The fourth-order valence-corrected chi connectivity index (χ4v) is 7.62. The average molecular weight is 794 g/mol. The van der Waals surface area contributed by atoms with Gasteiger partial charge in [-0.05, 0) is 99.8 Å². The molecule has 0 aliphatic heterocycles. The molecule has 6 rings (SSSR count). The number of carbonyl (C=O) groups is 2. The first kappa shape index (κ1) is 42.7. The standard InChI is InChI=1S/C51H59N3O5/c1-51(2,3)35-48(55)53-50(46-28-27-42(57-4)34-47(46)58-5)38-23-25-41(26-24-38)59-32-14-22-49(56)54(36-37-15-7-6-8-16-37)31-30-52-29-13-21-45-43-19-11-9-17-39(43)33-40-18-10-12-20-44(40)45/h6-12,15-20,23-28,33-34,50,52H,13-14,21-22,29-32,35-36H2,1-5H3,(H,53,55). The number of ether oxygens (including phenoxy) is 3. The van der Waals surface area contributed by atoms with Crippen molar-refractivity contribution in [2.24, 2.45) is 5.41 Å². The van der Waals surface area contributed by atoms with E-state index in [9.17, 15) is 9.59 Å². The number of hydrogen-bond donors (Lipinski definition) is 2. The maximum absolute atomic E-state index is 13.6. The molecule has 1 unspecified atom stereocenters. The Labute approximate surface area is 349 Å². The van der Waals surface area contributed by atoms with Crippen LogP contribution in [-0.2, 0) is 22.6 Å². The summed E-state index contributed by atoms with van der Waals surface area (Å²) in [4.78, 5) is 28.8. The highest BCUT2D eigenvalue weighted by Crippen LogP contribution is 2.35. The van der Waals surface area contributed by atoms with E-state index < -0.39 is 6.04 Å². The molecule has 0 fully saturated rings. The van der Waals surface area contributed by atoms with Crippen LogP contribution in [0.3, 0.4) is 0 Å². The Morgan fingerprint density at radius 2 is 1.37 bits per heavy atom. The molecule has 0 aliphatic rings. The zero-order valence-corrected chi connectivity index (χ0v) is 35.3. The fourth-order valence-electron chi connectivity index (χ4n) is 7.62. The molecule has 308 valence electrons. The Balaban J connectivity index is 1.02. The van der Waals surface area contributed by atoms with Gasteiger partial charge < -0.3 is 29.7 Å². The lowest BCUT2D eigenvalue weighted by molar-refractivity contribution is -0.132. The van der Waals surface area contributed by atoms with Crippen molar-refractivity contribution >= 4 is 33.4 Å². The molecule has 0 spiro atoms. The third kappa shape index (κ3) is 12.1. The molecule has 1 atom stereocenters. The monoisotopic (exact) mass is 793 g/mol. The van der Waals surface area contributed by atoms with Crippen LogP contribution >= 0.6 is 0 Å². The molecule has 0 heterocycles. The smallest absolute Gasteiger partial charge is 0.223 e. The van der Waals surface area contributed by atoms with Gasteiger partial charge in [0.25, 0.3) is 0 Å². The Morgan fingerprint density at radius 1 is 0.712 bits per heavy atom. The molecule has 0 aromatic heterocycles. The minimum absolute atomic E-state index is 0.0480. The number of methoxy groups -OCH3 is 2. The van der Waals surface area contributed by atoms with Gasteiger partial charge in [-0.1, -0.05) is 112 Å². The lowest BCUT2D eigenvalue weighted by atomic mass is 9.91. The van der Waals surface area contributed by atoms with Crippen LogP contribution < -0.4 is 24.8 Å². The van der Waals surface area contributed by atoms with Crippen LogP contribution in [0.15, 0.2) is 127 Å². The van der Waals surface area contributed by atoms with Crippen molar-refractivity contribution < 1.29 is 23.8 Å². The SMILES string of the molecule is COc1ccc(C(NC(=O)CC(C)(C)C)c2ccc(OCCCC(=O)N(CCNCCCc3c4ccccc4cc4ccccc34)Cc3ccccc3)cc2)c(OC)c1. The Kier molecular flexibility index (Phi) is 15.0. The van der Waals surface area contributed by atoms with Gasteiger partial charge in [0.2, 0.25) is 11.8 Å². The normalized spacial score (nSPS) is 11.9. The number of nitrogens with one attached hydrogen (secondary N) is 2. The van der Waals surface area contributed by atoms with E-state index in [1.54, 1.807) is 14.2 Å². The van der Waals surface area contributed by atoms with Crippen molar-refractivity contribution in [3.05, 3.63) is 150 Å². The summed E-state index contributed by atoms with van der Waals surface area (Å²) < 4.78 is 17.3. The molecule has 0 radical (unpaired) electrons. The fraction of sp³-hybridized carbons (Fsp3) is 0.333. The van der Waals surface area contributed by atoms with E-state index in [-0.39, 0.29) is 17.2 Å². The summed E-state index contributed by atoms with van der Waals surface area (Å²) in [5.74, 6) is 2.06.